The zero-order valence-corrected chi connectivity index (χ0v) is 8.73. The van der Waals surface area contributed by atoms with Crippen molar-refractivity contribution in [3.05, 3.63) is 15.5 Å². The first-order valence-corrected chi connectivity index (χ1v) is 4.84. The minimum absolute atomic E-state index is 0.246. The molecule has 0 spiro atoms. The lowest BCUT2D eigenvalue weighted by Gasteiger charge is -2.11. The molecule has 2 N–H and O–H groups in total. The summed E-state index contributed by atoms with van der Waals surface area (Å²) in [7, 11) is 1.82. The van der Waals surface area contributed by atoms with Gasteiger partial charge in [0, 0.05) is 17.6 Å². The van der Waals surface area contributed by atoms with E-state index in [9.17, 15) is 4.79 Å². The summed E-state index contributed by atoms with van der Waals surface area (Å²) in [6.07, 6.45) is 1.70. The van der Waals surface area contributed by atoms with E-state index < -0.39 is 0 Å². The molecule has 1 aromatic heterocycles. The van der Waals surface area contributed by atoms with Crippen LogP contribution in [0.1, 0.15) is 4.88 Å². The van der Waals surface area contributed by atoms with Crippen LogP contribution in [0.15, 0.2) is 6.20 Å². The molecule has 1 aromatic rings. The highest BCUT2D eigenvalue weighted by Crippen LogP contribution is 2.18. The fourth-order valence-corrected chi connectivity index (χ4v) is 2.00. The van der Waals surface area contributed by atoms with Gasteiger partial charge in [-0.15, -0.1) is 11.3 Å². The van der Waals surface area contributed by atoms with Crippen molar-refractivity contribution in [2.75, 3.05) is 13.6 Å². The molecule has 6 heteroatoms. The average Bonchev–Trinajstić information content (AvgIpc) is 2.33. The van der Waals surface area contributed by atoms with Crippen molar-refractivity contribution in [3.63, 3.8) is 0 Å². The summed E-state index contributed by atoms with van der Waals surface area (Å²) in [5.74, 6) is -0.335. The Hall–Kier alpha value is -0.650. The molecule has 0 bridgehead atoms. The Morgan fingerprint density at radius 1 is 1.85 bits per heavy atom. The van der Waals surface area contributed by atoms with Crippen molar-refractivity contribution in [3.8, 4) is 0 Å². The number of nitrogens with zero attached hydrogens (tertiary/aromatic N) is 2. The normalized spacial score (nSPS) is 10.7. The highest BCUT2D eigenvalue weighted by molar-refractivity contribution is 7.15. The van der Waals surface area contributed by atoms with Crippen molar-refractivity contribution < 1.29 is 4.79 Å². The van der Waals surface area contributed by atoms with Gasteiger partial charge in [0.15, 0.2) is 4.47 Å². The van der Waals surface area contributed by atoms with Crippen LogP contribution < -0.4 is 5.73 Å². The van der Waals surface area contributed by atoms with Crippen LogP contribution in [-0.4, -0.2) is 29.4 Å². The van der Waals surface area contributed by atoms with Gasteiger partial charge in [0.25, 0.3) is 0 Å². The van der Waals surface area contributed by atoms with E-state index in [2.05, 4.69) is 4.98 Å². The third-order valence-electron chi connectivity index (χ3n) is 1.38. The summed E-state index contributed by atoms with van der Waals surface area (Å²) in [6.45, 7) is 0.892. The molecule has 1 amide bonds. The summed E-state index contributed by atoms with van der Waals surface area (Å²) < 4.78 is 0.516. The number of halogens is 1. The second kappa shape index (κ2) is 4.55. The quantitative estimate of drug-likeness (QED) is 0.812. The number of likely N-dealkylation sites (N-methyl/N-ethyl adjacent to an activating group) is 1. The molecule has 0 unspecified atom stereocenters. The van der Waals surface area contributed by atoms with Gasteiger partial charge in [0.05, 0.1) is 6.54 Å². The lowest BCUT2D eigenvalue weighted by atomic mass is 10.4. The van der Waals surface area contributed by atoms with Gasteiger partial charge in [0.1, 0.15) is 0 Å². The van der Waals surface area contributed by atoms with Crippen molar-refractivity contribution >= 4 is 28.8 Å². The van der Waals surface area contributed by atoms with Crippen molar-refractivity contribution in [1.82, 2.24) is 9.88 Å². The zero-order valence-electron chi connectivity index (χ0n) is 7.16. The summed E-state index contributed by atoms with van der Waals surface area (Å²) in [5, 5.41) is 0. The molecule has 13 heavy (non-hydrogen) atoms. The number of nitrogens with two attached hydrogens (primary N) is 1. The number of primary amides is 1. The fraction of sp³-hybridized carbons (Fsp3) is 0.429. The molecule has 0 aliphatic heterocycles. The highest BCUT2D eigenvalue weighted by Gasteiger charge is 2.05. The number of thiazole rings is 1. The molecule has 0 radical (unpaired) electrons. The van der Waals surface area contributed by atoms with E-state index in [1.54, 1.807) is 6.20 Å². The summed E-state index contributed by atoms with van der Waals surface area (Å²) in [4.78, 5) is 17.3. The first-order chi connectivity index (χ1) is 6.08. The first-order valence-electron chi connectivity index (χ1n) is 3.65. The molecule has 0 aliphatic rings. The number of carbonyl (C=O) groups is 1. The van der Waals surface area contributed by atoms with E-state index >= 15 is 0 Å². The number of rotatable bonds is 4. The maximum atomic E-state index is 10.5. The van der Waals surface area contributed by atoms with Gasteiger partial charge in [-0.05, 0) is 7.05 Å². The van der Waals surface area contributed by atoms with Crippen LogP contribution in [0.4, 0.5) is 0 Å². The van der Waals surface area contributed by atoms with E-state index in [1.807, 2.05) is 11.9 Å². The van der Waals surface area contributed by atoms with E-state index in [4.69, 9.17) is 17.3 Å². The van der Waals surface area contributed by atoms with Gasteiger partial charge >= 0.3 is 0 Å². The summed E-state index contributed by atoms with van der Waals surface area (Å²) in [5.41, 5.74) is 5.03. The molecule has 0 fully saturated rings. The first kappa shape index (κ1) is 10.4. The van der Waals surface area contributed by atoms with E-state index in [0.717, 1.165) is 4.88 Å². The molecule has 1 heterocycles. The second-order valence-corrected chi connectivity index (χ2v) is 4.42. The van der Waals surface area contributed by atoms with Crippen LogP contribution in [0.2, 0.25) is 4.47 Å². The molecule has 0 aliphatic carbocycles. The van der Waals surface area contributed by atoms with Gasteiger partial charge < -0.3 is 5.73 Å². The minimum atomic E-state index is -0.335. The lowest BCUT2D eigenvalue weighted by Crippen LogP contribution is -2.29. The molecule has 0 aromatic carbocycles. The topological polar surface area (TPSA) is 59.2 Å². The molecule has 1 rings (SSSR count). The monoisotopic (exact) mass is 219 g/mol. The van der Waals surface area contributed by atoms with Gasteiger partial charge in [-0.2, -0.15) is 0 Å². The second-order valence-electron chi connectivity index (χ2n) is 2.72. The summed E-state index contributed by atoms with van der Waals surface area (Å²) in [6, 6.07) is 0. The Morgan fingerprint density at radius 3 is 3.00 bits per heavy atom. The molecular weight excluding hydrogens is 210 g/mol. The van der Waals surface area contributed by atoms with Crippen LogP contribution >= 0.6 is 22.9 Å². The average molecular weight is 220 g/mol. The number of carbonyl (C=O) groups excluding carboxylic acids is 1. The minimum Gasteiger partial charge on any atom is -0.369 e. The molecule has 0 saturated carbocycles. The maximum Gasteiger partial charge on any atom is 0.231 e. The van der Waals surface area contributed by atoms with Gasteiger partial charge in [-0.25, -0.2) is 4.98 Å². The van der Waals surface area contributed by atoms with Crippen molar-refractivity contribution in [2.24, 2.45) is 5.73 Å². The standard InChI is InChI=1S/C7H10ClN3OS/c1-11(4-6(9)12)3-5-2-10-7(8)13-5/h2H,3-4H2,1H3,(H2,9,12). The number of hydrogen-bond acceptors (Lipinski definition) is 4. The van der Waals surface area contributed by atoms with E-state index in [-0.39, 0.29) is 12.5 Å². The van der Waals surface area contributed by atoms with Crippen LogP contribution in [0.25, 0.3) is 0 Å². The Balaban J connectivity index is 2.44. The van der Waals surface area contributed by atoms with Crippen LogP contribution in [-0.2, 0) is 11.3 Å². The van der Waals surface area contributed by atoms with Gasteiger partial charge in [-0.3, -0.25) is 9.69 Å². The predicted molar refractivity (Wildman–Crippen MR) is 52.7 cm³/mol. The van der Waals surface area contributed by atoms with Crippen molar-refractivity contribution in [1.29, 1.82) is 0 Å². The number of hydrogen-bond donors (Lipinski definition) is 1. The van der Waals surface area contributed by atoms with E-state index in [0.29, 0.717) is 11.0 Å². The molecule has 72 valence electrons. The molecule has 4 nitrogen and oxygen atoms in total. The van der Waals surface area contributed by atoms with Crippen LogP contribution in [0, 0.1) is 0 Å². The van der Waals surface area contributed by atoms with Crippen LogP contribution in [0.5, 0.6) is 0 Å². The smallest absolute Gasteiger partial charge is 0.231 e. The predicted octanol–water partition coefficient (Wildman–Crippen LogP) is 0.714. The fourth-order valence-electron chi connectivity index (χ4n) is 0.945. The van der Waals surface area contributed by atoms with Gasteiger partial charge in [0.2, 0.25) is 5.91 Å². The third-order valence-corrected chi connectivity index (χ3v) is 2.48. The Kier molecular flexibility index (Phi) is 3.65. The lowest BCUT2D eigenvalue weighted by molar-refractivity contribution is -0.118. The summed E-state index contributed by atoms with van der Waals surface area (Å²) >= 11 is 7.05. The molecule has 0 atom stereocenters. The Morgan fingerprint density at radius 2 is 2.54 bits per heavy atom. The van der Waals surface area contributed by atoms with E-state index in [1.165, 1.54) is 11.3 Å². The highest BCUT2D eigenvalue weighted by atomic mass is 35.5. The van der Waals surface area contributed by atoms with Crippen LogP contribution in [0.3, 0.4) is 0 Å². The number of aromatic nitrogens is 1. The number of amides is 1. The van der Waals surface area contributed by atoms with Gasteiger partial charge in [-0.1, -0.05) is 11.6 Å². The molecular formula is C7H10ClN3OS. The SMILES string of the molecule is CN(CC(N)=O)Cc1cnc(Cl)s1. The van der Waals surface area contributed by atoms with Crippen molar-refractivity contribution in [2.45, 2.75) is 6.54 Å². The largest absolute Gasteiger partial charge is 0.369 e. The Bertz CT molecular complexity index is 302. The maximum absolute atomic E-state index is 10.5. The zero-order chi connectivity index (χ0) is 9.84. The Labute approximate surface area is 85.3 Å². The molecule has 0 saturated heterocycles. The third kappa shape index (κ3) is 3.71.